The third kappa shape index (κ3) is 5.27. The molecule has 0 bridgehead atoms. The lowest BCUT2D eigenvalue weighted by molar-refractivity contribution is -0.122. The van der Waals surface area contributed by atoms with Crippen LogP contribution in [0, 0.1) is 0 Å². The summed E-state index contributed by atoms with van der Waals surface area (Å²) < 4.78 is 0. The summed E-state index contributed by atoms with van der Waals surface area (Å²) in [5.74, 6) is 0.941. The summed E-state index contributed by atoms with van der Waals surface area (Å²) in [5.41, 5.74) is 5.81. The van der Waals surface area contributed by atoms with E-state index >= 15 is 0 Å². The maximum Gasteiger partial charge on any atom is 0.237 e. The number of likely N-dealkylation sites (tertiary alicyclic amines) is 1. The number of hydrogen-bond donors (Lipinski definition) is 2. The van der Waals surface area contributed by atoms with Crippen LogP contribution >= 0.6 is 11.8 Å². The van der Waals surface area contributed by atoms with Gasteiger partial charge in [0.15, 0.2) is 0 Å². The summed E-state index contributed by atoms with van der Waals surface area (Å²) in [6.07, 6.45) is 6.50. The first kappa shape index (κ1) is 14.8. The van der Waals surface area contributed by atoms with E-state index in [-0.39, 0.29) is 11.9 Å². The Morgan fingerprint density at radius 2 is 2.35 bits per heavy atom. The molecule has 4 nitrogen and oxygen atoms in total. The average molecular weight is 259 g/mol. The third-order valence-corrected chi connectivity index (χ3v) is 4.05. The summed E-state index contributed by atoms with van der Waals surface area (Å²) in [7, 11) is 2.13. The molecule has 2 atom stereocenters. The SMILES string of the molecule is CSCC[C@@H](N)C(=O)NCC1CCCCN1C. The zero-order chi connectivity index (χ0) is 12.7. The summed E-state index contributed by atoms with van der Waals surface area (Å²) >= 11 is 1.73. The first-order chi connectivity index (χ1) is 8.15. The molecule has 0 aromatic carbocycles. The fourth-order valence-electron chi connectivity index (χ4n) is 2.13. The Morgan fingerprint density at radius 1 is 1.59 bits per heavy atom. The number of hydrogen-bond acceptors (Lipinski definition) is 4. The Morgan fingerprint density at radius 3 is 3.00 bits per heavy atom. The number of carbonyl (C=O) groups excluding carboxylic acids is 1. The van der Waals surface area contributed by atoms with E-state index in [1.165, 1.54) is 19.3 Å². The zero-order valence-electron chi connectivity index (χ0n) is 10.9. The van der Waals surface area contributed by atoms with Crippen molar-refractivity contribution in [2.75, 3.05) is 32.1 Å². The molecule has 1 aliphatic rings. The van der Waals surface area contributed by atoms with Gasteiger partial charge in [0.05, 0.1) is 6.04 Å². The molecule has 3 N–H and O–H groups in total. The van der Waals surface area contributed by atoms with Gasteiger partial charge in [0.1, 0.15) is 0 Å². The summed E-state index contributed by atoms with van der Waals surface area (Å²) in [6.45, 7) is 1.88. The van der Waals surface area contributed by atoms with Gasteiger partial charge in [-0.2, -0.15) is 11.8 Å². The van der Waals surface area contributed by atoms with Gasteiger partial charge in [-0.25, -0.2) is 0 Å². The monoisotopic (exact) mass is 259 g/mol. The standard InChI is InChI=1S/C12H25N3OS/c1-15-7-4-3-5-10(15)9-14-12(16)11(13)6-8-17-2/h10-11H,3-9,13H2,1-2H3,(H,14,16)/t10?,11-/m1/s1. The largest absolute Gasteiger partial charge is 0.353 e. The lowest BCUT2D eigenvalue weighted by atomic mass is 10.0. The summed E-state index contributed by atoms with van der Waals surface area (Å²) in [4.78, 5) is 14.1. The van der Waals surface area contributed by atoms with Crippen molar-refractivity contribution in [3.8, 4) is 0 Å². The van der Waals surface area contributed by atoms with Crippen LogP contribution in [0.1, 0.15) is 25.7 Å². The van der Waals surface area contributed by atoms with Crippen LogP contribution in [0.4, 0.5) is 0 Å². The van der Waals surface area contributed by atoms with E-state index in [1.807, 2.05) is 6.26 Å². The molecule has 1 rings (SSSR count). The minimum absolute atomic E-state index is 0.00183. The fraction of sp³-hybridized carbons (Fsp3) is 0.917. The molecule has 5 heteroatoms. The van der Waals surface area contributed by atoms with Crippen molar-refractivity contribution in [1.82, 2.24) is 10.2 Å². The molecule has 1 fully saturated rings. The maximum absolute atomic E-state index is 11.7. The highest BCUT2D eigenvalue weighted by Crippen LogP contribution is 2.13. The lowest BCUT2D eigenvalue weighted by Crippen LogP contribution is -2.48. The molecule has 0 aromatic heterocycles. The average Bonchev–Trinajstić information content (AvgIpc) is 2.34. The van der Waals surface area contributed by atoms with Gasteiger partial charge in [0.2, 0.25) is 5.91 Å². The Balaban J connectivity index is 2.22. The van der Waals surface area contributed by atoms with Crippen LogP contribution in [-0.4, -0.2) is 55.0 Å². The van der Waals surface area contributed by atoms with Crippen LogP contribution in [0.25, 0.3) is 0 Å². The van der Waals surface area contributed by atoms with Gasteiger partial charge in [-0.1, -0.05) is 6.42 Å². The van der Waals surface area contributed by atoms with Crippen molar-refractivity contribution in [2.24, 2.45) is 5.73 Å². The second kappa shape index (κ2) is 7.95. The van der Waals surface area contributed by atoms with E-state index in [0.29, 0.717) is 6.04 Å². The van der Waals surface area contributed by atoms with Crippen LogP contribution in [0.15, 0.2) is 0 Å². The molecule has 0 saturated carbocycles. The van der Waals surface area contributed by atoms with Gasteiger partial charge in [-0.3, -0.25) is 4.79 Å². The molecule has 1 heterocycles. The van der Waals surface area contributed by atoms with Crippen LogP contribution in [0.3, 0.4) is 0 Å². The molecule has 0 aromatic rings. The number of piperidine rings is 1. The predicted molar refractivity (Wildman–Crippen MR) is 74.3 cm³/mol. The molecule has 0 radical (unpaired) electrons. The second-order valence-electron chi connectivity index (χ2n) is 4.76. The molecule has 100 valence electrons. The third-order valence-electron chi connectivity index (χ3n) is 3.40. The number of thioether (sulfide) groups is 1. The van der Waals surface area contributed by atoms with Gasteiger partial charge in [0.25, 0.3) is 0 Å². The molecule has 1 saturated heterocycles. The van der Waals surface area contributed by atoms with Gasteiger partial charge in [0, 0.05) is 12.6 Å². The molecule has 0 aliphatic carbocycles. The number of carbonyl (C=O) groups is 1. The number of nitrogens with two attached hydrogens (primary N) is 1. The molecule has 1 amide bonds. The van der Waals surface area contributed by atoms with Crippen LogP contribution in [0.2, 0.25) is 0 Å². The normalized spacial score (nSPS) is 23.4. The van der Waals surface area contributed by atoms with E-state index in [0.717, 1.165) is 25.3 Å². The first-order valence-corrected chi connectivity index (χ1v) is 7.77. The van der Waals surface area contributed by atoms with E-state index in [4.69, 9.17) is 5.73 Å². The minimum Gasteiger partial charge on any atom is -0.353 e. The Hall–Kier alpha value is -0.260. The van der Waals surface area contributed by atoms with Crippen molar-refractivity contribution in [2.45, 2.75) is 37.8 Å². The molecule has 17 heavy (non-hydrogen) atoms. The molecule has 1 unspecified atom stereocenters. The van der Waals surface area contributed by atoms with Gasteiger partial charge >= 0.3 is 0 Å². The molecular weight excluding hydrogens is 234 g/mol. The van der Waals surface area contributed by atoms with Crippen LogP contribution < -0.4 is 11.1 Å². The Kier molecular flexibility index (Phi) is 6.92. The quantitative estimate of drug-likeness (QED) is 0.736. The number of amides is 1. The van der Waals surface area contributed by atoms with Gasteiger partial charge < -0.3 is 16.0 Å². The fourth-order valence-corrected chi connectivity index (χ4v) is 2.62. The van der Waals surface area contributed by atoms with Crippen molar-refractivity contribution < 1.29 is 4.79 Å². The summed E-state index contributed by atoms with van der Waals surface area (Å²) in [5, 5.41) is 2.98. The predicted octanol–water partition coefficient (Wildman–Crippen LogP) is 0.667. The highest BCUT2D eigenvalue weighted by Gasteiger charge is 2.20. The minimum atomic E-state index is -0.351. The van der Waals surface area contributed by atoms with Crippen molar-refractivity contribution in [3.05, 3.63) is 0 Å². The summed E-state index contributed by atoms with van der Waals surface area (Å²) in [6, 6.07) is 0.136. The highest BCUT2D eigenvalue weighted by atomic mass is 32.2. The molecular formula is C12H25N3OS. The smallest absolute Gasteiger partial charge is 0.237 e. The number of likely N-dealkylation sites (N-methyl/N-ethyl adjacent to an activating group) is 1. The van der Waals surface area contributed by atoms with Crippen molar-refractivity contribution in [1.29, 1.82) is 0 Å². The number of nitrogens with zero attached hydrogens (tertiary/aromatic N) is 1. The molecule has 1 aliphatic heterocycles. The van der Waals surface area contributed by atoms with E-state index in [9.17, 15) is 4.79 Å². The highest BCUT2D eigenvalue weighted by molar-refractivity contribution is 7.98. The molecule has 0 spiro atoms. The zero-order valence-corrected chi connectivity index (χ0v) is 11.8. The second-order valence-corrected chi connectivity index (χ2v) is 5.75. The van der Waals surface area contributed by atoms with Crippen LogP contribution in [0.5, 0.6) is 0 Å². The topological polar surface area (TPSA) is 58.4 Å². The maximum atomic E-state index is 11.7. The van der Waals surface area contributed by atoms with E-state index < -0.39 is 0 Å². The lowest BCUT2D eigenvalue weighted by Gasteiger charge is -2.32. The van der Waals surface area contributed by atoms with Crippen molar-refractivity contribution >= 4 is 17.7 Å². The van der Waals surface area contributed by atoms with E-state index in [2.05, 4.69) is 17.3 Å². The number of rotatable bonds is 6. The van der Waals surface area contributed by atoms with Gasteiger partial charge in [-0.05, 0) is 44.9 Å². The van der Waals surface area contributed by atoms with Gasteiger partial charge in [-0.15, -0.1) is 0 Å². The van der Waals surface area contributed by atoms with E-state index in [1.54, 1.807) is 11.8 Å². The van der Waals surface area contributed by atoms with Crippen LogP contribution in [-0.2, 0) is 4.79 Å². The number of nitrogens with one attached hydrogen (secondary N) is 1. The Labute approximate surface area is 109 Å². The first-order valence-electron chi connectivity index (χ1n) is 6.37. The Bertz CT molecular complexity index is 238. The van der Waals surface area contributed by atoms with Crippen molar-refractivity contribution in [3.63, 3.8) is 0 Å².